The van der Waals surface area contributed by atoms with Gasteiger partial charge in [-0.2, -0.15) is 0 Å². The van der Waals surface area contributed by atoms with Crippen LogP contribution in [0.4, 0.5) is 0 Å². The number of hydrogen-bond acceptors (Lipinski definition) is 2. The van der Waals surface area contributed by atoms with Crippen LogP contribution in [0.15, 0.2) is 0 Å². The van der Waals surface area contributed by atoms with Crippen LogP contribution >= 0.6 is 0 Å². The third-order valence-electron chi connectivity index (χ3n) is 3.48. The van der Waals surface area contributed by atoms with E-state index in [1.54, 1.807) is 0 Å². The van der Waals surface area contributed by atoms with Crippen molar-refractivity contribution in [2.75, 3.05) is 0 Å². The zero-order chi connectivity index (χ0) is 10.0. The lowest BCUT2D eigenvalue weighted by molar-refractivity contribution is -0.118. The second-order valence-corrected chi connectivity index (χ2v) is 4.90. The van der Waals surface area contributed by atoms with E-state index in [1.165, 1.54) is 32.1 Å². The van der Waals surface area contributed by atoms with Crippen LogP contribution in [0.25, 0.3) is 0 Å². The van der Waals surface area contributed by atoms with E-state index >= 15 is 0 Å². The maximum Gasteiger partial charge on any atom is 0.219 e. The molecule has 2 fully saturated rings. The van der Waals surface area contributed by atoms with Crippen molar-refractivity contribution in [3.05, 3.63) is 0 Å². The highest BCUT2D eigenvalue weighted by Gasteiger charge is 2.44. The molecule has 0 aromatic carbocycles. The number of nitrogens with two attached hydrogens (primary N) is 1. The molecule has 0 bridgehead atoms. The zero-order valence-corrected chi connectivity index (χ0v) is 8.72. The van der Waals surface area contributed by atoms with Crippen LogP contribution in [0.1, 0.15) is 51.4 Å². The van der Waals surface area contributed by atoms with Crippen molar-refractivity contribution >= 4 is 5.91 Å². The Morgan fingerprint density at radius 2 is 1.93 bits per heavy atom. The van der Waals surface area contributed by atoms with Gasteiger partial charge in [-0.25, -0.2) is 0 Å². The van der Waals surface area contributed by atoms with Gasteiger partial charge in [-0.3, -0.25) is 4.79 Å². The molecule has 80 valence electrons. The number of primary amides is 1. The molecule has 3 heteroatoms. The highest BCUT2D eigenvalue weighted by atomic mass is 16.1. The van der Waals surface area contributed by atoms with Crippen LogP contribution in [0.5, 0.6) is 0 Å². The first kappa shape index (κ1) is 9.97. The molecule has 1 amide bonds. The molecule has 0 saturated heterocycles. The predicted molar refractivity (Wildman–Crippen MR) is 55.8 cm³/mol. The Bertz CT molecular complexity index is 217. The second kappa shape index (κ2) is 3.89. The Labute approximate surface area is 85.4 Å². The summed E-state index contributed by atoms with van der Waals surface area (Å²) in [4.78, 5) is 10.9. The third-order valence-corrected chi connectivity index (χ3v) is 3.48. The predicted octanol–water partition coefficient (Wildman–Crippen LogP) is 1.32. The van der Waals surface area contributed by atoms with Gasteiger partial charge in [0, 0.05) is 18.0 Å². The minimum Gasteiger partial charge on any atom is -0.370 e. The maximum absolute atomic E-state index is 10.9. The summed E-state index contributed by atoms with van der Waals surface area (Å²) in [6.07, 6.45) is 9.40. The average molecular weight is 196 g/mol. The minimum absolute atomic E-state index is 0.105. The average Bonchev–Trinajstić information content (AvgIpc) is 2.85. The quantitative estimate of drug-likeness (QED) is 0.712. The lowest BCUT2D eigenvalue weighted by Gasteiger charge is -2.27. The van der Waals surface area contributed by atoms with E-state index < -0.39 is 0 Å². The van der Waals surface area contributed by atoms with Crippen LogP contribution < -0.4 is 11.1 Å². The summed E-state index contributed by atoms with van der Waals surface area (Å²) in [6.45, 7) is 0. The fourth-order valence-electron chi connectivity index (χ4n) is 2.54. The van der Waals surface area contributed by atoms with Crippen molar-refractivity contribution in [2.45, 2.75) is 62.9 Å². The summed E-state index contributed by atoms with van der Waals surface area (Å²) in [6, 6.07) is 0.644. The summed E-state index contributed by atoms with van der Waals surface area (Å²) in [5, 5.41) is 3.64. The van der Waals surface area contributed by atoms with Gasteiger partial charge in [-0.15, -0.1) is 0 Å². The molecule has 2 aliphatic rings. The summed E-state index contributed by atoms with van der Waals surface area (Å²) in [5.41, 5.74) is 5.35. The van der Waals surface area contributed by atoms with Crippen molar-refractivity contribution in [2.24, 2.45) is 5.73 Å². The molecule has 2 rings (SSSR count). The number of nitrogens with one attached hydrogen (secondary N) is 1. The standard InChI is InChI=1S/C11H20N2O/c12-10(14)8-11(6-7-11)13-9-4-2-1-3-5-9/h9,13H,1-8H2,(H2,12,14). The largest absolute Gasteiger partial charge is 0.370 e. The first-order valence-electron chi connectivity index (χ1n) is 5.76. The highest BCUT2D eigenvalue weighted by Crippen LogP contribution is 2.40. The molecule has 0 unspecified atom stereocenters. The van der Waals surface area contributed by atoms with Crippen LogP contribution in [0.2, 0.25) is 0 Å². The van der Waals surface area contributed by atoms with Crippen molar-refractivity contribution < 1.29 is 4.79 Å². The van der Waals surface area contributed by atoms with Gasteiger partial charge >= 0.3 is 0 Å². The summed E-state index contributed by atoms with van der Waals surface area (Å²) >= 11 is 0. The second-order valence-electron chi connectivity index (χ2n) is 4.90. The Morgan fingerprint density at radius 3 is 2.43 bits per heavy atom. The van der Waals surface area contributed by atoms with Gasteiger partial charge in [-0.1, -0.05) is 19.3 Å². The normalized spacial score (nSPS) is 26.0. The Morgan fingerprint density at radius 1 is 1.29 bits per heavy atom. The summed E-state index contributed by atoms with van der Waals surface area (Å²) < 4.78 is 0. The van der Waals surface area contributed by atoms with E-state index in [-0.39, 0.29) is 11.4 Å². The van der Waals surface area contributed by atoms with E-state index in [9.17, 15) is 4.79 Å². The molecule has 3 nitrogen and oxygen atoms in total. The van der Waals surface area contributed by atoms with E-state index in [0.29, 0.717) is 12.5 Å². The van der Waals surface area contributed by atoms with Crippen molar-refractivity contribution in [1.29, 1.82) is 0 Å². The van der Waals surface area contributed by atoms with Gasteiger partial charge < -0.3 is 11.1 Å². The monoisotopic (exact) mass is 196 g/mol. The molecule has 0 spiro atoms. The molecule has 0 aromatic heterocycles. The van der Waals surface area contributed by atoms with Gasteiger partial charge in [0.1, 0.15) is 0 Å². The smallest absolute Gasteiger partial charge is 0.219 e. The fraction of sp³-hybridized carbons (Fsp3) is 0.909. The van der Waals surface area contributed by atoms with E-state index in [4.69, 9.17) is 5.73 Å². The van der Waals surface area contributed by atoms with Crippen LogP contribution in [-0.4, -0.2) is 17.5 Å². The number of hydrogen-bond donors (Lipinski definition) is 2. The summed E-state index contributed by atoms with van der Waals surface area (Å²) in [7, 11) is 0. The van der Waals surface area contributed by atoms with Gasteiger partial charge in [0.05, 0.1) is 0 Å². The highest BCUT2D eigenvalue weighted by molar-refractivity contribution is 5.75. The third kappa shape index (κ3) is 2.47. The number of amides is 1. The Hall–Kier alpha value is -0.570. The lowest BCUT2D eigenvalue weighted by Crippen LogP contribution is -2.43. The van der Waals surface area contributed by atoms with E-state index in [0.717, 1.165) is 12.8 Å². The molecule has 0 radical (unpaired) electrons. The van der Waals surface area contributed by atoms with Crippen molar-refractivity contribution in [3.8, 4) is 0 Å². The molecule has 0 aromatic rings. The Balaban J connectivity index is 1.80. The van der Waals surface area contributed by atoms with Gasteiger partial charge in [0.2, 0.25) is 5.91 Å². The van der Waals surface area contributed by atoms with Crippen LogP contribution in [0, 0.1) is 0 Å². The first-order chi connectivity index (χ1) is 6.70. The summed E-state index contributed by atoms with van der Waals surface area (Å²) in [5.74, 6) is -0.161. The molecule has 0 aliphatic heterocycles. The molecule has 2 saturated carbocycles. The van der Waals surface area contributed by atoms with Crippen LogP contribution in [0.3, 0.4) is 0 Å². The van der Waals surface area contributed by atoms with Gasteiger partial charge in [-0.05, 0) is 25.7 Å². The van der Waals surface area contributed by atoms with Crippen molar-refractivity contribution in [1.82, 2.24) is 5.32 Å². The number of carbonyl (C=O) groups excluding carboxylic acids is 1. The lowest BCUT2D eigenvalue weighted by atomic mass is 9.94. The molecule has 3 N–H and O–H groups in total. The molecule has 2 aliphatic carbocycles. The first-order valence-corrected chi connectivity index (χ1v) is 5.76. The van der Waals surface area contributed by atoms with Crippen molar-refractivity contribution in [3.63, 3.8) is 0 Å². The molecule has 14 heavy (non-hydrogen) atoms. The molecule has 0 atom stereocenters. The van der Waals surface area contributed by atoms with Crippen LogP contribution in [-0.2, 0) is 4.79 Å². The van der Waals surface area contributed by atoms with E-state index in [1.807, 2.05) is 0 Å². The molecule has 0 heterocycles. The number of rotatable bonds is 4. The molecular weight excluding hydrogens is 176 g/mol. The van der Waals surface area contributed by atoms with E-state index in [2.05, 4.69) is 5.32 Å². The SMILES string of the molecule is NC(=O)CC1(NC2CCCCC2)CC1. The van der Waals surface area contributed by atoms with Gasteiger partial charge in [0.25, 0.3) is 0 Å². The number of carbonyl (C=O) groups is 1. The topological polar surface area (TPSA) is 55.1 Å². The maximum atomic E-state index is 10.9. The minimum atomic E-state index is -0.161. The fourth-order valence-corrected chi connectivity index (χ4v) is 2.54. The Kier molecular flexibility index (Phi) is 2.77. The zero-order valence-electron chi connectivity index (χ0n) is 8.72. The molecular formula is C11H20N2O. The van der Waals surface area contributed by atoms with Gasteiger partial charge in [0.15, 0.2) is 0 Å².